The van der Waals surface area contributed by atoms with Crippen LogP contribution in [0.2, 0.25) is 0 Å². The number of carboxylic acid groups (broad SMARTS) is 1. The highest BCUT2D eigenvalue weighted by atomic mass is 32.2. The van der Waals surface area contributed by atoms with Crippen LogP contribution in [-0.4, -0.2) is 26.1 Å². The van der Waals surface area contributed by atoms with Crippen molar-refractivity contribution in [1.82, 2.24) is 0 Å². The van der Waals surface area contributed by atoms with Gasteiger partial charge in [0.15, 0.2) is 0 Å². The summed E-state index contributed by atoms with van der Waals surface area (Å²) in [5.41, 5.74) is -0.291. The van der Waals surface area contributed by atoms with Gasteiger partial charge in [-0.2, -0.15) is 13.2 Å². The van der Waals surface area contributed by atoms with Crippen LogP contribution in [0, 0.1) is 0 Å². The third-order valence-electron chi connectivity index (χ3n) is 4.90. The number of rotatable bonds is 10. The normalized spacial score (nSPS) is 11.8. The molecule has 0 amide bonds. The summed E-state index contributed by atoms with van der Waals surface area (Å²) in [7, 11) is -3.97. The summed E-state index contributed by atoms with van der Waals surface area (Å²) < 4.78 is 75.7. The van der Waals surface area contributed by atoms with Crippen LogP contribution in [0.3, 0.4) is 0 Å². The van der Waals surface area contributed by atoms with Gasteiger partial charge in [0, 0.05) is 6.42 Å². The SMILES string of the molecule is CCCOc1cc(CCC(=O)O)cc(S(=O)(=O)c2ccc(Oc3ccc(C(F)(F)F)cc3)cc2)c1. The topological polar surface area (TPSA) is 89.9 Å². The Morgan fingerprint density at radius 1 is 0.886 bits per heavy atom. The minimum atomic E-state index is -4.46. The van der Waals surface area contributed by atoms with Crippen molar-refractivity contribution in [2.24, 2.45) is 0 Å². The second-order valence-electron chi connectivity index (χ2n) is 7.65. The minimum absolute atomic E-state index is 0.0332. The monoisotopic (exact) mass is 508 g/mol. The van der Waals surface area contributed by atoms with E-state index in [0.717, 1.165) is 12.1 Å². The molecule has 0 aliphatic rings. The van der Waals surface area contributed by atoms with Crippen molar-refractivity contribution in [3.05, 3.63) is 77.9 Å². The van der Waals surface area contributed by atoms with Crippen molar-refractivity contribution in [3.8, 4) is 17.2 Å². The number of aryl methyl sites for hydroxylation is 1. The van der Waals surface area contributed by atoms with E-state index in [0.29, 0.717) is 24.3 Å². The zero-order valence-electron chi connectivity index (χ0n) is 18.7. The molecule has 186 valence electrons. The van der Waals surface area contributed by atoms with Crippen molar-refractivity contribution in [2.45, 2.75) is 42.2 Å². The Bertz CT molecular complexity index is 1270. The Kier molecular flexibility index (Phi) is 8.06. The van der Waals surface area contributed by atoms with Crippen molar-refractivity contribution in [1.29, 1.82) is 0 Å². The average molecular weight is 509 g/mol. The first-order valence-corrected chi connectivity index (χ1v) is 12.2. The van der Waals surface area contributed by atoms with Gasteiger partial charge in [0.1, 0.15) is 17.2 Å². The van der Waals surface area contributed by atoms with Gasteiger partial charge in [-0.25, -0.2) is 8.42 Å². The summed E-state index contributed by atoms with van der Waals surface area (Å²) in [4.78, 5) is 10.9. The van der Waals surface area contributed by atoms with Gasteiger partial charge in [0.25, 0.3) is 0 Å². The van der Waals surface area contributed by atoms with Crippen molar-refractivity contribution >= 4 is 15.8 Å². The molecule has 35 heavy (non-hydrogen) atoms. The van der Waals surface area contributed by atoms with E-state index in [4.69, 9.17) is 14.6 Å². The number of sulfone groups is 1. The average Bonchev–Trinajstić information content (AvgIpc) is 2.81. The largest absolute Gasteiger partial charge is 0.494 e. The van der Waals surface area contributed by atoms with E-state index in [1.54, 1.807) is 6.07 Å². The van der Waals surface area contributed by atoms with Crippen LogP contribution in [0.4, 0.5) is 13.2 Å². The Labute approximate surface area is 200 Å². The highest BCUT2D eigenvalue weighted by Gasteiger charge is 2.30. The molecule has 3 aromatic rings. The first-order chi connectivity index (χ1) is 16.5. The van der Waals surface area contributed by atoms with E-state index in [1.807, 2.05) is 6.92 Å². The third kappa shape index (κ3) is 6.98. The first-order valence-electron chi connectivity index (χ1n) is 10.7. The summed E-state index contributed by atoms with van der Waals surface area (Å²) in [6, 6.07) is 14.0. The van der Waals surface area contributed by atoms with Crippen molar-refractivity contribution in [3.63, 3.8) is 0 Å². The zero-order valence-corrected chi connectivity index (χ0v) is 19.5. The molecule has 0 bridgehead atoms. The molecular weight excluding hydrogens is 485 g/mol. The van der Waals surface area contributed by atoms with Gasteiger partial charge in [-0.05, 0) is 85.1 Å². The van der Waals surface area contributed by atoms with E-state index < -0.39 is 27.5 Å². The molecule has 1 N–H and O–H groups in total. The maximum Gasteiger partial charge on any atom is 0.416 e. The van der Waals surface area contributed by atoms with Gasteiger partial charge < -0.3 is 14.6 Å². The number of ether oxygens (including phenoxy) is 2. The summed E-state index contributed by atoms with van der Waals surface area (Å²) in [6.45, 7) is 2.28. The predicted octanol–water partition coefficient (Wildman–Crippen LogP) is 6.14. The highest BCUT2D eigenvalue weighted by Crippen LogP contribution is 2.32. The van der Waals surface area contributed by atoms with Gasteiger partial charge in [-0.3, -0.25) is 4.79 Å². The van der Waals surface area contributed by atoms with E-state index in [2.05, 4.69) is 0 Å². The molecule has 0 heterocycles. The van der Waals surface area contributed by atoms with Gasteiger partial charge in [0.05, 0.1) is 22.0 Å². The number of hydrogen-bond donors (Lipinski definition) is 1. The van der Waals surface area contributed by atoms with E-state index in [-0.39, 0.29) is 34.1 Å². The first kappa shape index (κ1) is 26.1. The van der Waals surface area contributed by atoms with Crippen molar-refractivity contribution in [2.75, 3.05) is 6.61 Å². The van der Waals surface area contributed by atoms with Crippen LogP contribution in [0.15, 0.2) is 76.5 Å². The molecule has 0 aliphatic heterocycles. The molecule has 0 fully saturated rings. The Balaban J connectivity index is 1.83. The molecule has 3 rings (SSSR count). The van der Waals surface area contributed by atoms with Crippen LogP contribution in [0.5, 0.6) is 17.2 Å². The molecule has 0 saturated heterocycles. The molecule has 0 aromatic heterocycles. The summed E-state index contributed by atoms with van der Waals surface area (Å²) in [5, 5.41) is 8.96. The van der Waals surface area contributed by atoms with Gasteiger partial charge in [0.2, 0.25) is 9.84 Å². The number of halogens is 3. The lowest BCUT2D eigenvalue weighted by Gasteiger charge is -2.12. The van der Waals surface area contributed by atoms with Gasteiger partial charge in [-0.1, -0.05) is 6.92 Å². The zero-order chi connectivity index (χ0) is 25.6. The van der Waals surface area contributed by atoms with Crippen LogP contribution in [0.1, 0.15) is 30.9 Å². The fourth-order valence-electron chi connectivity index (χ4n) is 3.16. The minimum Gasteiger partial charge on any atom is -0.494 e. The number of aliphatic carboxylic acids is 1. The maximum absolute atomic E-state index is 13.2. The summed E-state index contributed by atoms with van der Waals surface area (Å²) >= 11 is 0. The van der Waals surface area contributed by atoms with Gasteiger partial charge in [-0.15, -0.1) is 0 Å². The molecule has 0 unspecified atom stereocenters. The lowest BCUT2D eigenvalue weighted by atomic mass is 10.1. The highest BCUT2D eigenvalue weighted by molar-refractivity contribution is 7.91. The molecule has 0 aliphatic carbocycles. The fourth-order valence-corrected chi connectivity index (χ4v) is 4.50. The van der Waals surface area contributed by atoms with Crippen LogP contribution in [-0.2, 0) is 27.2 Å². The Morgan fingerprint density at radius 3 is 2.03 bits per heavy atom. The van der Waals surface area contributed by atoms with Crippen LogP contribution < -0.4 is 9.47 Å². The number of carboxylic acids is 1. The van der Waals surface area contributed by atoms with Gasteiger partial charge >= 0.3 is 12.1 Å². The van der Waals surface area contributed by atoms with E-state index in [1.165, 1.54) is 48.5 Å². The molecule has 0 spiro atoms. The summed E-state index contributed by atoms with van der Waals surface area (Å²) in [6.07, 6.45) is -3.77. The van der Waals surface area contributed by atoms with E-state index in [9.17, 15) is 26.4 Å². The second-order valence-corrected chi connectivity index (χ2v) is 9.60. The Morgan fingerprint density at radius 2 is 1.49 bits per heavy atom. The standard InChI is InChI=1S/C25H23F3O6S/c1-2-13-33-21-14-17(3-12-24(29)30)15-23(16-21)35(31,32)22-10-8-20(9-11-22)34-19-6-4-18(5-7-19)25(26,27)28/h4-11,14-16H,2-3,12-13H2,1H3,(H,29,30). The lowest BCUT2D eigenvalue weighted by molar-refractivity contribution is -0.138. The molecule has 3 aromatic carbocycles. The van der Waals surface area contributed by atoms with Crippen LogP contribution >= 0.6 is 0 Å². The summed E-state index contributed by atoms with van der Waals surface area (Å²) in [5.74, 6) is -0.267. The smallest absolute Gasteiger partial charge is 0.416 e. The number of carbonyl (C=O) groups is 1. The molecule has 0 atom stereocenters. The number of hydrogen-bond acceptors (Lipinski definition) is 5. The van der Waals surface area contributed by atoms with Crippen molar-refractivity contribution < 1.29 is 41.0 Å². The van der Waals surface area contributed by atoms with E-state index >= 15 is 0 Å². The Hall–Kier alpha value is -3.53. The third-order valence-corrected chi connectivity index (χ3v) is 6.65. The second kappa shape index (κ2) is 10.8. The lowest BCUT2D eigenvalue weighted by Crippen LogP contribution is -2.06. The molecule has 6 nitrogen and oxygen atoms in total. The molecule has 0 saturated carbocycles. The van der Waals surface area contributed by atoms with Crippen LogP contribution in [0.25, 0.3) is 0 Å². The quantitative estimate of drug-likeness (QED) is 0.354. The number of alkyl halides is 3. The molecule has 10 heteroatoms. The fraction of sp³-hybridized carbons (Fsp3) is 0.240. The maximum atomic E-state index is 13.2. The predicted molar refractivity (Wildman–Crippen MR) is 122 cm³/mol. The molecular formula is C25H23F3O6S. The number of benzene rings is 3. The molecule has 0 radical (unpaired) electrons.